The van der Waals surface area contributed by atoms with E-state index in [1.54, 1.807) is 20.4 Å². The van der Waals surface area contributed by atoms with E-state index in [0.717, 1.165) is 18.4 Å². The van der Waals surface area contributed by atoms with Gasteiger partial charge in [-0.2, -0.15) is 0 Å². The number of nitrogens with zero attached hydrogens (tertiary/aromatic N) is 1. The average Bonchev–Trinajstić information content (AvgIpc) is 2.40. The highest BCUT2D eigenvalue weighted by Gasteiger charge is 2.21. The van der Waals surface area contributed by atoms with Crippen molar-refractivity contribution >= 4 is 0 Å². The fraction of sp³-hybridized carbons (Fsp3) is 0.615. The number of pyridine rings is 1. The normalized spacial score (nSPS) is 13.4. The van der Waals surface area contributed by atoms with Crippen molar-refractivity contribution < 1.29 is 9.47 Å². The van der Waals surface area contributed by atoms with Crippen LogP contribution in [0.2, 0.25) is 0 Å². The van der Waals surface area contributed by atoms with E-state index in [1.807, 2.05) is 12.1 Å². The van der Waals surface area contributed by atoms with Crippen LogP contribution in [0.25, 0.3) is 0 Å². The van der Waals surface area contributed by atoms with Gasteiger partial charge in [-0.15, -0.1) is 0 Å². The molecule has 0 aromatic carbocycles. The smallest absolute Gasteiger partial charge is 0.217 e. The van der Waals surface area contributed by atoms with Crippen molar-refractivity contribution in [1.29, 1.82) is 0 Å². The van der Waals surface area contributed by atoms with Crippen molar-refractivity contribution in [3.8, 4) is 5.88 Å². The maximum atomic E-state index is 5.63. The molecule has 0 bridgehead atoms. The summed E-state index contributed by atoms with van der Waals surface area (Å²) in [4.78, 5) is 4.18. The minimum atomic E-state index is -0.162. The number of hydrogen-bond donors (Lipinski definition) is 2. The Hall–Kier alpha value is -1.17. The summed E-state index contributed by atoms with van der Waals surface area (Å²) in [6.45, 7) is 4.11. The van der Waals surface area contributed by atoms with E-state index in [0.29, 0.717) is 5.88 Å². The summed E-state index contributed by atoms with van der Waals surface area (Å²) in [5.41, 5.74) is 3.62. The predicted octanol–water partition coefficient (Wildman–Crippen LogP) is 1.80. The van der Waals surface area contributed by atoms with Crippen molar-refractivity contribution in [2.45, 2.75) is 38.3 Å². The quantitative estimate of drug-likeness (QED) is 0.573. The summed E-state index contributed by atoms with van der Waals surface area (Å²) in [7, 11) is 3.33. The highest BCUT2D eigenvalue weighted by atomic mass is 16.5. The molecule has 0 amide bonds. The number of rotatable bonds is 7. The first-order valence-corrected chi connectivity index (χ1v) is 6.04. The number of methoxy groups -OCH3 is 2. The van der Waals surface area contributed by atoms with Crippen molar-refractivity contribution in [2.75, 3.05) is 14.2 Å². The van der Waals surface area contributed by atoms with E-state index >= 15 is 0 Å². The van der Waals surface area contributed by atoms with Gasteiger partial charge in [-0.1, -0.05) is 6.07 Å². The van der Waals surface area contributed by atoms with Gasteiger partial charge in [-0.05, 0) is 32.8 Å². The first-order chi connectivity index (χ1) is 8.54. The second-order valence-electron chi connectivity index (χ2n) is 4.82. The summed E-state index contributed by atoms with van der Waals surface area (Å²) >= 11 is 0. The van der Waals surface area contributed by atoms with E-state index in [-0.39, 0.29) is 11.6 Å². The summed E-state index contributed by atoms with van der Waals surface area (Å²) < 4.78 is 10.7. The molecule has 3 N–H and O–H groups in total. The van der Waals surface area contributed by atoms with Crippen LogP contribution < -0.4 is 16.0 Å². The summed E-state index contributed by atoms with van der Waals surface area (Å²) in [5, 5.41) is 0. The predicted molar refractivity (Wildman–Crippen MR) is 71.2 cm³/mol. The lowest BCUT2D eigenvalue weighted by Crippen LogP contribution is -2.31. The fourth-order valence-corrected chi connectivity index (χ4v) is 1.76. The van der Waals surface area contributed by atoms with Crippen LogP contribution in [0.3, 0.4) is 0 Å². The van der Waals surface area contributed by atoms with Crippen LogP contribution in [0.15, 0.2) is 18.3 Å². The molecule has 102 valence electrons. The number of hydrazine groups is 1. The van der Waals surface area contributed by atoms with E-state index < -0.39 is 0 Å². The number of ether oxygens (including phenoxy) is 2. The van der Waals surface area contributed by atoms with Crippen LogP contribution in [0.4, 0.5) is 0 Å². The van der Waals surface area contributed by atoms with E-state index in [2.05, 4.69) is 24.3 Å². The van der Waals surface area contributed by atoms with E-state index in [9.17, 15) is 0 Å². The van der Waals surface area contributed by atoms with Crippen LogP contribution in [0, 0.1) is 0 Å². The van der Waals surface area contributed by atoms with Crippen LogP contribution in [0.1, 0.15) is 38.3 Å². The Bertz CT molecular complexity index is 369. The zero-order chi connectivity index (χ0) is 13.6. The monoisotopic (exact) mass is 253 g/mol. The Morgan fingerprint density at radius 2 is 2.17 bits per heavy atom. The average molecular weight is 253 g/mol. The third-order valence-electron chi connectivity index (χ3n) is 3.16. The number of aromatic nitrogens is 1. The van der Waals surface area contributed by atoms with E-state index in [1.165, 1.54) is 0 Å². The fourth-order valence-electron chi connectivity index (χ4n) is 1.76. The molecule has 0 saturated carbocycles. The second kappa shape index (κ2) is 6.68. The van der Waals surface area contributed by atoms with E-state index in [4.69, 9.17) is 15.3 Å². The number of nitrogens with one attached hydrogen (secondary N) is 1. The van der Waals surface area contributed by atoms with Gasteiger partial charge in [0.15, 0.2) is 0 Å². The van der Waals surface area contributed by atoms with Crippen LogP contribution in [-0.2, 0) is 4.74 Å². The molecule has 1 rings (SSSR count). The lowest BCUT2D eigenvalue weighted by Gasteiger charge is -2.26. The Morgan fingerprint density at radius 1 is 1.44 bits per heavy atom. The highest BCUT2D eigenvalue weighted by molar-refractivity contribution is 5.28. The van der Waals surface area contributed by atoms with Gasteiger partial charge >= 0.3 is 0 Å². The molecular formula is C13H23N3O2. The molecule has 0 fully saturated rings. The molecule has 5 heteroatoms. The Morgan fingerprint density at radius 3 is 2.72 bits per heavy atom. The van der Waals surface area contributed by atoms with Gasteiger partial charge in [0.25, 0.3) is 0 Å². The summed E-state index contributed by atoms with van der Waals surface area (Å²) in [6, 6.07) is 3.85. The molecule has 5 nitrogen and oxygen atoms in total. The first kappa shape index (κ1) is 14.9. The minimum absolute atomic E-state index is 0.00285. The molecule has 1 heterocycles. The van der Waals surface area contributed by atoms with Gasteiger partial charge in [-0.3, -0.25) is 11.3 Å². The molecule has 0 spiro atoms. The lowest BCUT2D eigenvalue weighted by molar-refractivity contribution is 0.0116. The van der Waals surface area contributed by atoms with Gasteiger partial charge in [0.05, 0.1) is 18.8 Å². The largest absolute Gasteiger partial charge is 0.481 e. The molecule has 0 saturated heterocycles. The maximum absolute atomic E-state index is 5.63. The van der Waals surface area contributed by atoms with Crippen molar-refractivity contribution in [1.82, 2.24) is 10.4 Å². The van der Waals surface area contributed by atoms with Crippen LogP contribution >= 0.6 is 0 Å². The van der Waals surface area contributed by atoms with Crippen molar-refractivity contribution in [3.05, 3.63) is 23.9 Å². The molecule has 0 aliphatic carbocycles. The number of hydrogen-bond acceptors (Lipinski definition) is 5. The SMILES string of the molecule is COc1ncccc1C(CCC(C)(C)OC)NN. The van der Waals surface area contributed by atoms with Crippen molar-refractivity contribution in [2.24, 2.45) is 5.84 Å². The van der Waals surface area contributed by atoms with Gasteiger partial charge in [-0.25, -0.2) is 4.98 Å². The molecule has 1 aromatic rings. The Labute approximate surface area is 109 Å². The lowest BCUT2D eigenvalue weighted by atomic mass is 9.96. The molecule has 1 unspecified atom stereocenters. The molecule has 18 heavy (non-hydrogen) atoms. The minimum Gasteiger partial charge on any atom is -0.481 e. The maximum Gasteiger partial charge on any atom is 0.217 e. The molecule has 1 aromatic heterocycles. The topological polar surface area (TPSA) is 69.4 Å². The molecule has 0 aliphatic heterocycles. The van der Waals surface area contributed by atoms with Gasteiger partial charge in [0.1, 0.15) is 0 Å². The third kappa shape index (κ3) is 3.94. The highest BCUT2D eigenvalue weighted by Crippen LogP contribution is 2.28. The zero-order valence-corrected chi connectivity index (χ0v) is 11.6. The first-order valence-electron chi connectivity index (χ1n) is 6.04. The van der Waals surface area contributed by atoms with Gasteiger partial charge in [0.2, 0.25) is 5.88 Å². The second-order valence-corrected chi connectivity index (χ2v) is 4.82. The van der Waals surface area contributed by atoms with Crippen molar-refractivity contribution in [3.63, 3.8) is 0 Å². The molecule has 0 aliphatic rings. The zero-order valence-electron chi connectivity index (χ0n) is 11.6. The summed E-state index contributed by atoms with van der Waals surface area (Å²) in [6.07, 6.45) is 3.44. The van der Waals surface area contributed by atoms with Gasteiger partial charge < -0.3 is 9.47 Å². The third-order valence-corrected chi connectivity index (χ3v) is 3.16. The molecule has 0 radical (unpaired) electrons. The molecule has 1 atom stereocenters. The van der Waals surface area contributed by atoms with Gasteiger partial charge in [0, 0.05) is 18.9 Å². The van der Waals surface area contributed by atoms with Crippen LogP contribution in [0.5, 0.6) is 5.88 Å². The Balaban J connectivity index is 2.77. The standard InChI is InChI=1S/C13H23N3O2/c1-13(2,18-4)8-7-11(16-14)10-6-5-9-15-12(10)17-3/h5-6,9,11,16H,7-8,14H2,1-4H3. The Kier molecular flexibility index (Phi) is 5.53. The summed E-state index contributed by atoms with van der Waals surface area (Å²) in [5.74, 6) is 6.23. The molecular weight excluding hydrogens is 230 g/mol. The number of nitrogens with two attached hydrogens (primary N) is 1. The van der Waals surface area contributed by atoms with Crippen LogP contribution in [-0.4, -0.2) is 24.8 Å².